The van der Waals surface area contributed by atoms with Gasteiger partial charge in [0.05, 0.1) is 0 Å². The van der Waals surface area contributed by atoms with Gasteiger partial charge < -0.3 is 41.9 Å². The molecule has 0 radical (unpaired) electrons. The Hall–Kier alpha value is -9.05. The van der Waals surface area contributed by atoms with Crippen molar-refractivity contribution in [2.75, 3.05) is 22.9 Å². The van der Waals surface area contributed by atoms with Gasteiger partial charge in [0.2, 0.25) is 0 Å². The highest BCUT2D eigenvalue weighted by molar-refractivity contribution is 7.99. The summed E-state index contributed by atoms with van der Waals surface area (Å²) in [6, 6.07) is 74.7. The average Bonchev–Trinajstić information content (AvgIpc) is 3.36. The molecule has 0 aliphatic heterocycles. The maximum atomic E-state index is 6.72. The molecule has 0 heterocycles. The predicted octanol–water partition coefficient (Wildman–Crippen LogP) is 16.0. The summed E-state index contributed by atoms with van der Waals surface area (Å²) in [5, 5.41) is 0. The van der Waals surface area contributed by atoms with Crippen molar-refractivity contribution in [3.63, 3.8) is 0 Å². The van der Waals surface area contributed by atoms with Crippen molar-refractivity contribution in [1.29, 1.82) is 0 Å². The molecule has 0 atom stereocenters. The van der Waals surface area contributed by atoms with Crippen LogP contribution in [0.5, 0.6) is 46.0 Å². The molecular weight excluding hydrogens is 873 g/mol. The molecule has 0 saturated carbocycles. The summed E-state index contributed by atoms with van der Waals surface area (Å²) in [6.45, 7) is 0. The molecule has 0 saturated heterocycles. The van der Waals surface area contributed by atoms with Crippen molar-refractivity contribution in [3.05, 3.63) is 231 Å². The zero-order valence-electron chi connectivity index (χ0n) is 37.3. The maximum absolute atomic E-state index is 6.72. The molecule has 0 aliphatic rings. The number of para-hydroxylation sites is 4. The Bertz CT molecular complexity index is 3210. The normalized spacial score (nSPS) is 10.9. The van der Waals surface area contributed by atoms with Crippen LogP contribution in [0.25, 0.3) is 44.5 Å². The van der Waals surface area contributed by atoms with E-state index in [-0.39, 0.29) is 0 Å². The fourth-order valence-corrected chi connectivity index (χ4v) is 9.35. The van der Waals surface area contributed by atoms with E-state index in [1.807, 2.05) is 170 Å². The Morgan fingerprint density at radius 3 is 0.957 bits per heavy atom. The summed E-state index contributed by atoms with van der Waals surface area (Å²) in [4.78, 5) is 1.91. The van der Waals surface area contributed by atoms with Crippen LogP contribution in [0.2, 0.25) is 0 Å². The topological polar surface area (TPSA) is 141 Å². The number of nitrogen functional groups attached to an aromatic ring is 4. The molecule has 0 aliphatic carbocycles. The second kappa shape index (κ2) is 19.8. The van der Waals surface area contributed by atoms with Crippen LogP contribution in [-0.4, -0.2) is 0 Å². The first-order valence-corrected chi connectivity index (χ1v) is 23.1. The minimum Gasteiger partial charge on any atom is -0.457 e. The largest absolute Gasteiger partial charge is 0.457 e. The van der Waals surface area contributed by atoms with Gasteiger partial charge in [0, 0.05) is 78.1 Å². The molecule has 8 N–H and O–H groups in total. The highest BCUT2D eigenvalue weighted by atomic mass is 32.2. The number of benzene rings is 10. The van der Waals surface area contributed by atoms with Gasteiger partial charge in [-0.15, -0.1) is 0 Å². The number of rotatable bonds is 14. The van der Waals surface area contributed by atoms with E-state index in [1.165, 1.54) is 0 Å². The Balaban J connectivity index is 1.19. The molecule has 0 fully saturated rings. The quantitative estimate of drug-likeness (QED) is 0.0785. The molecule has 69 heavy (non-hydrogen) atoms. The molecular formula is C60H46N4O4S. The van der Waals surface area contributed by atoms with Crippen LogP contribution in [0, 0.1) is 0 Å². The van der Waals surface area contributed by atoms with Crippen molar-refractivity contribution in [2.24, 2.45) is 0 Å². The molecule has 10 aromatic rings. The molecule has 0 aromatic heterocycles. The van der Waals surface area contributed by atoms with Gasteiger partial charge in [-0.2, -0.15) is 0 Å². The predicted molar refractivity (Wildman–Crippen MR) is 282 cm³/mol. The summed E-state index contributed by atoms with van der Waals surface area (Å²) >= 11 is 1.65. The fourth-order valence-electron chi connectivity index (χ4n) is 8.17. The molecule has 0 spiro atoms. The number of anilines is 4. The van der Waals surface area contributed by atoms with Crippen molar-refractivity contribution in [2.45, 2.75) is 9.79 Å². The molecule has 10 rings (SSSR count). The van der Waals surface area contributed by atoms with E-state index in [2.05, 4.69) is 60.7 Å². The summed E-state index contributed by atoms with van der Waals surface area (Å²) in [7, 11) is 0. The van der Waals surface area contributed by atoms with E-state index < -0.39 is 0 Å². The zero-order valence-corrected chi connectivity index (χ0v) is 38.1. The molecule has 8 nitrogen and oxygen atoms in total. The van der Waals surface area contributed by atoms with Gasteiger partial charge >= 0.3 is 0 Å². The average molecular weight is 919 g/mol. The van der Waals surface area contributed by atoms with Crippen molar-refractivity contribution < 1.29 is 18.9 Å². The second-order valence-corrected chi connectivity index (χ2v) is 17.2. The highest BCUT2D eigenvalue weighted by Crippen LogP contribution is 2.52. The van der Waals surface area contributed by atoms with Gasteiger partial charge in [-0.25, -0.2) is 0 Å². The minimum absolute atomic E-state index is 0.600. The first-order valence-electron chi connectivity index (χ1n) is 22.3. The maximum Gasteiger partial charge on any atom is 0.135 e. The first-order chi connectivity index (χ1) is 33.8. The fraction of sp³-hybridized carbons (Fsp3) is 0. The Morgan fingerprint density at radius 2 is 0.565 bits per heavy atom. The van der Waals surface area contributed by atoms with Crippen molar-refractivity contribution in [1.82, 2.24) is 0 Å². The lowest BCUT2D eigenvalue weighted by atomic mass is 9.93. The lowest BCUT2D eigenvalue weighted by molar-refractivity contribution is 0.483. The lowest BCUT2D eigenvalue weighted by Gasteiger charge is -2.22. The van der Waals surface area contributed by atoms with Crippen LogP contribution in [0.15, 0.2) is 240 Å². The van der Waals surface area contributed by atoms with Gasteiger partial charge in [0.25, 0.3) is 0 Å². The molecule has 0 unspecified atom stereocenters. The molecule has 0 bridgehead atoms. The summed E-state index contributed by atoms with van der Waals surface area (Å²) in [5.74, 6) is 5.21. The number of ether oxygens (including phenoxy) is 4. The summed E-state index contributed by atoms with van der Waals surface area (Å²) < 4.78 is 26.7. The van der Waals surface area contributed by atoms with E-state index in [0.717, 1.165) is 54.3 Å². The molecule has 10 aromatic carbocycles. The van der Waals surface area contributed by atoms with Gasteiger partial charge in [0.1, 0.15) is 46.0 Å². The van der Waals surface area contributed by atoms with Gasteiger partial charge in [-0.05, 0) is 120 Å². The highest BCUT2D eigenvalue weighted by Gasteiger charge is 2.24. The lowest BCUT2D eigenvalue weighted by Crippen LogP contribution is -1.97. The van der Waals surface area contributed by atoms with Gasteiger partial charge in [-0.3, -0.25) is 0 Å². The van der Waals surface area contributed by atoms with E-state index in [4.69, 9.17) is 41.9 Å². The van der Waals surface area contributed by atoms with E-state index in [1.54, 1.807) is 11.8 Å². The van der Waals surface area contributed by atoms with E-state index >= 15 is 0 Å². The third-order valence-electron chi connectivity index (χ3n) is 11.3. The smallest absolute Gasteiger partial charge is 0.135 e. The molecule has 336 valence electrons. The van der Waals surface area contributed by atoms with Crippen molar-refractivity contribution >= 4 is 34.5 Å². The Morgan fingerprint density at radius 1 is 0.246 bits per heavy atom. The Kier molecular flexibility index (Phi) is 12.6. The van der Waals surface area contributed by atoms with Crippen LogP contribution in [-0.2, 0) is 0 Å². The Labute approximate surface area is 405 Å². The SMILES string of the molecule is Nc1ccc(Oc2ccccc2-c2cccc(Sc3cccc(-c4ccccc4Oc4ccc(N)cc4)c3-c3ccccc3Oc3cccc(N)c3)c2-c2ccccc2Oc2cccc(N)c2)cc1. The van der Waals surface area contributed by atoms with Crippen LogP contribution >= 0.6 is 11.8 Å². The summed E-state index contributed by atoms with van der Waals surface area (Å²) in [6.07, 6.45) is 0. The third-order valence-corrected chi connectivity index (χ3v) is 12.4. The minimum atomic E-state index is 0.600. The van der Waals surface area contributed by atoms with E-state index in [0.29, 0.717) is 68.7 Å². The number of nitrogens with two attached hydrogens (primary N) is 4. The second-order valence-electron chi connectivity index (χ2n) is 16.1. The zero-order chi connectivity index (χ0) is 47.1. The molecule has 0 amide bonds. The summed E-state index contributed by atoms with van der Waals surface area (Å²) in [5.41, 5.74) is 34.4. The van der Waals surface area contributed by atoms with E-state index in [9.17, 15) is 0 Å². The first kappa shape index (κ1) is 43.8. The van der Waals surface area contributed by atoms with Gasteiger partial charge in [0.15, 0.2) is 0 Å². The van der Waals surface area contributed by atoms with Crippen LogP contribution in [0.3, 0.4) is 0 Å². The monoisotopic (exact) mass is 918 g/mol. The van der Waals surface area contributed by atoms with Crippen LogP contribution < -0.4 is 41.9 Å². The molecule has 9 heteroatoms. The van der Waals surface area contributed by atoms with Crippen LogP contribution in [0.1, 0.15) is 0 Å². The van der Waals surface area contributed by atoms with Gasteiger partial charge in [-0.1, -0.05) is 121 Å². The standard InChI is InChI=1S/C60H46N4O4S/c61-39-29-33-43(34-30-39)65-53-23-5-1-17-47(53)49-21-11-27-57(59(49)51-19-3-7-25-55(51)67-45-15-9-13-41(63)37-45)69-58-28-12-22-50(48-18-2-6-24-54(48)66-44-35-31-40(62)32-36-44)60(58)52-20-4-8-26-56(52)68-46-16-10-14-42(64)38-46/h1-38H,61-64H2. The third kappa shape index (κ3) is 9.90. The number of hydrogen-bond donors (Lipinski definition) is 4. The van der Waals surface area contributed by atoms with Crippen LogP contribution in [0.4, 0.5) is 22.7 Å². The number of hydrogen-bond acceptors (Lipinski definition) is 9. The van der Waals surface area contributed by atoms with Crippen molar-refractivity contribution in [3.8, 4) is 90.5 Å².